The molecule has 0 aromatic heterocycles. The predicted octanol–water partition coefficient (Wildman–Crippen LogP) is 3.25. The van der Waals surface area contributed by atoms with Crippen LogP contribution in [0.15, 0.2) is 41.4 Å². The van der Waals surface area contributed by atoms with E-state index in [-0.39, 0.29) is 11.1 Å². The van der Waals surface area contributed by atoms with Crippen molar-refractivity contribution in [2.45, 2.75) is 57.7 Å². The minimum absolute atomic E-state index is 0.199. The molecule has 0 atom stereocenters. The van der Waals surface area contributed by atoms with Crippen molar-refractivity contribution in [3.8, 4) is 5.75 Å². The van der Waals surface area contributed by atoms with Gasteiger partial charge in [0.05, 0.1) is 17.1 Å². The molecule has 122 valence electrons. The highest BCUT2D eigenvalue weighted by molar-refractivity contribution is 6.02. The molecule has 3 nitrogen and oxygen atoms in total. The first-order valence-corrected chi connectivity index (χ1v) is 8.37. The monoisotopic (exact) mass is 311 g/mol. The van der Waals surface area contributed by atoms with Gasteiger partial charge in [-0.15, -0.1) is 0 Å². The summed E-state index contributed by atoms with van der Waals surface area (Å²) in [4.78, 5) is 4.85. The number of phenols is 1. The SMILES string of the molecule is CC1(C)CC(N=Cc2c(O)ccc3ccccc23)CC(C)(C)[NH2+]1. The Bertz CT molecular complexity index is 730. The summed E-state index contributed by atoms with van der Waals surface area (Å²) < 4.78 is 0. The summed E-state index contributed by atoms with van der Waals surface area (Å²) in [6.45, 7) is 9.13. The molecule has 3 N–H and O–H groups in total. The first-order valence-electron chi connectivity index (χ1n) is 8.37. The van der Waals surface area contributed by atoms with E-state index in [4.69, 9.17) is 4.99 Å². The maximum atomic E-state index is 10.2. The minimum Gasteiger partial charge on any atom is -0.507 e. The maximum absolute atomic E-state index is 10.2. The van der Waals surface area contributed by atoms with Crippen molar-refractivity contribution in [2.24, 2.45) is 4.99 Å². The van der Waals surface area contributed by atoms with Crippen LogP contribution < -0.4 is 5.32 Å². The largest absolute Gasteiger partial charge is 0.507 e. The van der Waals surface area contributed by atoms with Gasteiger partial charge < -0.3 is 10.4 Å². The Morgan fingerprint density at radius 2 is 1.70 bits per heavy atom. The van der Waals surface area contributed by atoms with Crippen molar-refractivity contribution in [3.05, 3.63) is 42.0 Å². The van der Waals surface area contributed by atoms with Crippen LogP contribution in [0.3, 0.4) is 0 Å². The molecule has 1 fully saturated rings. The Morgan fingerprint density at radius 3 is 2.39 bits per heavy atom. The quantitative estimate of drug-likeness (QED) is 0.822. The zero-order valence-corrected chi connectivity index (χ0v) is 14.5. The lowest BCUT2D eigenvalue weighted by atomic mass is 9.80. The molecule has 2 aromatic rings. The topological polar surface area (TPSA) is 49.2 Å². The average Bonchev–Trinajstić information content (AvgIpc) is 2.43. The van der Waals surface area contributed by atoms with E-state index in [1.807, 2.05) is 30.5 Å². The summed E-state index contributed by atoms with van der Waals surface area (Å²) >= 11 is 0. The van der Waals surface area contributed by atoms with E-state index in [0.717, 1.165) is 29.2 Å². The minimum atomic E-state index is 0.199. The molecule has 1 heterocycles. The molecular formula is C20H27N2O+. The number of aliphatic imine (C=N–C) groups is 1. The molecule has 3 rings (SSSR count). The lowest BCUT2D eigenvalue weighted by Gasteiger charge is -2.41. The summed E-state index contributed by atoms with van der Waals surface area (Å²) in [7, 11) is 0. The van der Waals surface area contributed by atoms with Crippen molar-refractivity contribution in [3.63, 3.8) is 0 Å². The van der Waals surface area contributed by atoms with E-state index in [9.17, 15) is 5.11 Å². The van der Waals surface area contributed by atoms with Gasteiger partial charge in [0.2, 0.25) is 0 Å². The van der Waals surface area contributed by atoms with Crippen molar-refractivity contribution < 1.29 is 10.4 Å². The molecule has 0 bridgehead atoms. The van der Waals surface area contributed by atoms with Crippen LogP contribution in [0.2, 0.25) is 0 Å². The third kappa shape index (κ3) is 3.56. The van der Waals surface area contributed by atoms with Crippen LogP contribution >= 0.6 is 0 Å². The van der Waals surface area contributed by atoms with E-state index in [1.54, 1.807) is 6.07 Å². The number of nitrogens with two attached hydrogens (primary N) is 1. The highest BCUT2D eigenvalue weighted by Crippen LogP contribution is 2.27. The second-order valence-corrected chi connectivity index (χ2v) is 8.18. The molecule has 0 unspecified atom stereocenters. The van der Waals surface area contributed by atoms with Crippen LogP contribution in [-0.2, 0) is 0 Å². The van der Waals surface area contributed by atoms with E-state index >= 15 is 0 Å². The highest BCUT2D eigenvalue weighted by atomic mass is 16.3. The van der Waals surface area contributed by atoms with Gasteiger partial charge in [-0.1, -0.05) is 30.3 Å². The Balaban J connectivity index is 1.93. The summed E-state index contributed by atoms with van der Waals surface area (Å²) in [6.07, 6.45) is 3.98. The van der Waals surface area contributed by atoms with Crippen molar-refractivity contribution in [1.82, 2.24) is 0 Å². The Hall–Kier alpha value is -1.87. The van der Waals surface area contributed by atoms with Crippen LogP contribution in [0.4, 0.5) is 0 Å². The van der Waals surface area contributed by atoms with Gasteiger partial charge in [0.1, 0.15) is 5.75 Å². The first-order chi connectivity index (χ1) is 10.8. The predicted molar refractivity (Wildman–Crippen MR) is 96.3 cm³/mol. The fraction of sp³-hybridized carbons (Fsp3) is 0.450. The van der Waals surface area contributed by atoms with Gasteiger partial charge in [-0.25, -0.2) is 0 Å². The second-order valence-electron chi connectivity index (χ2n) is 8.18. The maximum Gasteiger partial charge on any atom is 0.124 e. The zero-order valence-electron chi connectivity index (χ0n) is 14.5. The highest BCUT2D eigenvalue weighted by Gasteiger charge is 2.41. The number of nitrogens with zero attached hydrogens (tertiary/aromatic N) is 1. The molecule has 23 heavy (non-hydrogen) atoms. The number of fused-ring (bicyclic) bond motifs is 1. The van der Waals surface area contributed by atoms with Crippen LogP contribution in [-0.4, -0.2) is 28.4 Å². The van der Waals surface area contributed by atoms with Gasteiger partial charge in [-0.05, 0) is 44.5 Å². The van der Waals surface area contributed by atoms with Gasteiger partial charge in [0.15, 0.2) is 0 Å². The van der Waals surface area contributed by atoms with E-state index < -0.39 is 0 Å². The smallest absolute Gasteiger partial charge is 0.124 e. The molecule has 1 aliphatic heterocycles. The summed E-state index contributed by atoms with van der Waals surface area (Å²) in [6, 6.07) is 12.1. The fourth-order valence-corrected chi connectivity index (χ4v) is 4.17. The molecule has 0 aliphatic carbocycles. The molecule has 0 spiro atoms. The molecular weight excluding hydrogens is 284 g/mol. The number of aromatic hydroxyl groups is 1. The summed E-state index contributed by atoms with van der Waals surface area (Å²) in [5.74, 6) is 0.299. The third-order valence-corrected chi connectivity index (χ3v) is 4.67. The molecule has 3 heteroatoms. The number of benzene rings is 2. The number of phenolic OH excluding ortho intramolecular Hbond substituents is 1. The molecule has 2 aromatic carbocycles. The van der Waals surface area contributed by atoms with Crippen molar-refractivity contribution in [2.75, 3.05) is 0 Å². The normalized spacial score (nSPS) is 21.0. The van der Waals surface area contributed by atoms with Crippen LogP contribution in [0.5, 0.6) is 5.75 Å². The lowest BCUT2D eigenvalue weighted by molar-refractivity contribution is -0.787. The first kappa shape index (κ1) is 16.0. The van der Waals surface area contributed by atoms with E-state index in [0.29, 0.717) is 11.8 Å². The molecule has 0 saturated carbocycles. The molecule has 1 saturated heterocycles. The number of hydrogen-bond acceptors (Lipinski definition) is 2. The summed E-state index contributed by atoms with van der Waals surface area (Å²) in [5, 5.41) is 14.9. The van der Waals surface area contributed by atoms with Gasteiger partial charge in [-0.3, -0.25) is 4.99 Å². The lowest BCUT2D eigenvalue weighted by Crippen LogP contribution is -3.05. The number of piperidine rings is 1. The molecule has 0 amide bonds. The van der Waals surface area contributed by atoms with Gasteiger partial charge >= 0.3 is 0 Å². The Morgan fingerprint density at radius 1 is 1.04 bits per heavy atom. The Kier molecular flexibility index (Phi) is 3.93. The van der Waals surface area contributed by atoms with Crippen molar-refractivity contribution in [1.29, 1.82) is 0 Å². The Labute approximate surface area is 138 Å². The van der Waals surface area contributed by atoms with Crippen LogP contribution in [0.1, 0.15) is 46.1 Å². The van der Waals surface area contributed by atoms with Crippen molar-refractivity contribution >= 4 is 17.0 Å². The van der Waals surface area contributed by atoms with Gasteiger partial charge in [0.25, 0.3) is 0 Å². The number of hydrogen-bond donors (Lipinski definition) is 2. The molecule has 1 aliphatic rings. The average molecular weight is 311 g/mol. The van der Waals surface area contributed by atoms with Crippen LogP contribution in [0.25, 0.3) is 10.8 Å². The summed E-state index contributed by atoms with van der Waals surface area (Å²) in [5.41, 5.74) is 1.23. The standard InChI is InChI=1S/C20H26N2O/c1-19(2)11-15(12-20(3,4)22-19)21-13-17-16-8-6-5-7-14(16)9-10-18(17)23/h5-10,13,15,22-23H,11-12H2,1-4H3/p+1. The third-order valence-electron chi connectivity index (χ3n) is 4.67. The van der Waals surface area contributed by atoms with Gasteiger partial charge in [0, 0.05) is 24.6 Å². The van der Waals surface area contributed by atoms with E-state index in [1.165, 1.54) is 0 Å². The zero-order chi connectivity index (χ0) is 16.7. The fourth-order valence-electron chi connectivity index (χ4n) is 4.17. The van der Waals surface area contributed by atoms with Crippen LogP contribution in [0, 0.1) is 0 Å². The number of quaternary nitrogens is 1. The van der Waals surface area contributed by atoms with E-state index in [2.05, 4.69) is 39.1 Å². The van der Waals surface area contributed by atoms with Gasteiger partial charge in [-0.2, -0.15) is 0 Å². The second kappa shape index (κ2) is 5.64. The molecule has 0 radical (unpaired) electrons. The number of rotatable bonds is 2.